The van der Waals surface area contributed by atoms with Gasteiger partial charge in [-0.2, -0.15) is 0 Å². The van der Waals surface area contributed by atoms with Crippen LogP contribution < -0.4 is 10.2 Å². The monoisotopic (exact) mass is 484 g/mol. The van der Waals surface area contributed by atoms with Crippen LogP contribution in [-0.2, 0) is 4.79 Å². The molecule has 32 heavy (non-hydrogen) atoms. The summed E-state index contributed by atoms with van der Waals surface area (Å²) in [5, 5.41) is 4.53. The van der Waals surface area contributed by atoms with Gasteiger partial charge in [0.15, 0.2) is 0 Å². The van der Waals surface area contributed by atoms with Gasteiger partial charge in [0, 0.05) is 21.9 Å². The fourth-order valence-corrected chi connectivity index (χ4v) is 5.06. The first kappa shape index (κ1) is 21.0. The van der Waals surface area contributed by atoms with Crippen LogP contribution in [-0.4, -0.2) is 33.4 Å². The number of carbonyl (C=O) groups excluding carboxylic acids is 1. The predicted molar refractivity (Wildman–Crippen MR) is 128 cm³/mol. The second kappa shape index (κ2) is 8.24. The number of hydrogen-bond acceptors (Lipinski definition) is 6. The molecule has 0 bridgehead atoms. The number of carbonyl (C=O) groups is 1. The van der Waals surface area contributed by atoms with Crippen molar-refractivity contribution in [2.24, 2.45) is 0 Å². The van der Waals surface area contributed by atoms with Crippen molar-refractivity contribution in [3.05, 3.63) is 70.2 Å². The van der Waals surface area contributed by atoms with E-state index in [1.165, 1.54) is 16.3 Å². The third-order valence-electron chi connectivity index (χ3n) is 5.48. The molecular formula is C23H18Cl2N4O2S. The van der Waals surface area contributed by atoms with Crippen LogP contribution in [0.25, 0.3) is 22.2 Å². The first-order chi connectivity index (χ1) is 15.5. The lowest BCUT2D eigenvalue weighted by atomic mass is 9.95. The molecule has 162 valence electrons. The normalized spacial score (nSPS) is 18.0. The molecular weight excluding hydrogens is 467 g/mol. The van der Waals surface area contributed by atoms with Gasteiger partial charge in [-0.3, -0.25) is 10.2 Å². The summed E-state index contributed by atoms with van der Waals surface area (Å²) in [5.74, 6) is 0.541. The molecule has 1 aliphatic heterocycles. The number of aromatic nitrogens is 2. The van der Waals surface area contributed by atoms with E-state index in [1.54, 1.807) is 7.11 Å². The van der Waals surface area contributed by atoms with Crippen LogP contribution >= 0.6 is 34.5 Å². The molecule has 1 fully saturated rings. The zero-order valence-electron chi connectivity index (χ0n) is 17.2. The molecule has 3 heterocycles. The maximum absolute atomic E-state index is 12.6. The number of fused-ring (bicyclic) bond motifs is 1. The molecule has 6 nitrogen and oxygen atoms in total. The van der Waals surface area contributed by atoms with Crippen molar-refractivity contribution < 1.29 is 9.53 Å². The fraction of sp³-hybridized carbons (Fsp3) is 0.174. The van der Waals surface area contributed by atoms with Gasteiger partial charge < -0.3 is 4.74 Å². The first-order valence-electron chi connectivity index (χ1n) is 9.86. The lowest BCUT2D eigenvalue weighted by molar-refractivity contribution is -0.143. The highest BCUT2D eigenvalue weighted by atomic mass is 35.5. The van der Waals surface area contributed by atoms with Crippen LogP contribution in [0.1, 0.15) is 17.2 Å². The number of methoxy groups -OCH3 is 1. The molecule has 1 amide bonds. The molecule has 2 unspecified atom stereocenters. The number of benzene rings is 2. The smallest absolute Gasteiger partial charge is 0.262 e. The van der Waals surface area contributed by atoms with E-state index in [1.807, 2.05) is 60.8 Å². The quantitative estimate of drug-likeness (QED) is 0.218. The molecule has 0 saturated carbocycles. The van der Waals surface area contributed by atoms with Gasteiger partial charge >= 0.3 is 0 Å². The van der Waals surface area contributed by atoms with Gasteiger partial charge in [0.1, 0.15) is 22.3 Å². The second-order valence-corrected chi connectivity index (χ2v) is 9.13. The Morgan fingerprint density at radius 2 is 1.94 bits per heavy atom. The van der Waals surface area contributed by atoms with Gasteiger partial charge in [-0.1, -0.05) is 29.8 Å². The molecule has 2 atom stereocenters. The minimum absolute atomic E-state index is 0.238. The number of β-lactam (4-membered cyclic amide) rings is 1. The minimum Gasteiger partial charge on any atom is -0.497 e. The fourth-order valence-electron chi connectivity index (χ4n) is 3.75. The SMILES string of the molecule is COc1ccc(-c2csc(NN3C(=O)C(Cl)C3c3cc4cccc(C)c4nc3Cl)n2)cc1. The van der Waals surface area contributed by atoms with Crippen molar-refractivity contribution >= 4 is 56.5 Å². The topological polar surface area (TPSA) is 67.3 Å². The highest BCUT2D eigenvalue weighted by molar-refractivity contribution is 7.14. The average Bonchev–Trinajstić information content (AvgIpc) is 3.28. The number of aryl methyl sites for hydroxylation is 1. The average molecular weight is 485 g/mol. The minimum atomic E-state index is -0.731. The number of thiazole rings is 1. The van der Waals surface area contributed by atoms with E-state index >= 15 is 0 Å². The van der Waals surface area contributed by atoms with Crippen molar-refractivity contribution in [1.29, 1.82) is 0 Å². The highest BCUT2D eigenvalue weighted by Gasteiger charge is 2.49. The van der Waals surface area contributed by atoms with E-state index in [0.29, 0.717) is 15.8 Å². The Morgan fingerprint density at radius 1 is 1.16 bits per heavy atom. The van der Waals surface area contributed by atoms with Crippen molar-refractivity contribution in [1.82, 2.24) is 15.0 Å². The number of hydrogen-bond donors (Lipinski definition) is 1. The zero-order chi connectivity index (χ0) is 22.4. The summed E-state index contributed by atoms with van der Waals surface area (Å²) in [6.07, 6.45) is 0. The van der Waals surface area contributed by atoms with Crippen LogP contribution in [0.2, 0.25) is 5.15 Å². The van der Waals surface area contributed by atoms with E-state index in [0.717, 1.165) is 33.5 Å². The number of halogens is 2. The van der Waals surface area contributed by atoms with Gasteiger partial charge in [0.05, 0.1) is 18.3 Å². The summed E-state index contributed by atoms with van der Waals surface area (Å²) < 4.78 is 5.20. The number of alkyl halides is 1. The van der Waals surface area contributed by atoms with E-state index in [4.69, 9.17) is 27.9 Å². The van der Waals surface area contributed by atoms with E-state index < -0.39 is 11.4 Å². The lowest BCUT2D eigenvalue weighted by Crippen LogP contribution is -2.58. The number of amides is 1. The van der Waals surface area contributed by atoms with Gasteiger partial charge in [-0.25, -0.2) is 15.0 Å². The third-order valence-corrected chi connectivity index (χ3v) is 6.96. The molecule has 0 radical (unpaired) electrons. The number of rotatable bonds is 5. The van der Waals surface area contributed by atoms with Gasteiger partial charge in [0.25, 0.3) is 5.91 Å². The summed E-state index contributed by atoms with van der Waals surface area (Å²) in [5.41, 5.74) is 7.42. The molecule has 1 aliphatic rings. The highest BCUT2D eigenvalue weighted by Crippen LogP contribution is 2.42. The number of anilines is 1. The summed E-state index contributed by atoms with van der Waals surface area (Å²) >= 11 is 14.3. The maximum atomic E-state index is 12.6. The number of ether oxygens (including phenoxy) is 1. The van der Waals surface area contributed by atoms with Crippen molar-refractivity contribution in [3.63, 3.8) is 0 Å². The van der Waals surface area contributed by atoms with Gasteiger partial charge in [0.2, 0.25) is 5.13 Å². The summed E-state index contributed by atoms with van der Waals surface area (Å²) in [6, 6.07) is 15.0. The number of nitrogens with one attached hydrogen (secondary N) is 1. The predicted octanol–water partition coefficient (Wildman–Crippen LogP) is 5.85. The second-order valence-electron chi connectivity index (χ2n) is 7.45. The van der Waals surface area contributed by atoms with Gasteiger partial charge in [-0.15, -0.1) is 22.9 Å². The Balaban J connectivity index is 1.42. The first-order valence-corrected chi connectivity index (χ1v) is 11.5. The van der Waals surface area contributed by atoms with E-state index in [-0.39, 0.29) is 5.91 Å². The Morgan fingerprint density at radius 3 is 2.69 bits per heavy atom. The number of para-hydroxylation sites is 1. The number of pyridine rings is 1. The summed E-state index contributed by atoms with van der Waals surface area (Å²) in [4.78, 5) is 21.7. The van der Waals surface area contributed by atoms with Crippen LogP contribution in [0.4, 0.5) is 5.13 Å². The molecule has 9 heteroatoms. The van der Waals surface area contributed by atoms with E-state index in [9.17, 15) is 4.79 Å². The van der Waals surface area contributed by atoms with Crippen molar-refractivity contribution in [3.8, 4) is 17.0 Å². The molecule has 2 aromatic heterocycles. The molecule has 4 aromatic rings. The zero-order valence-corrected chi connectivity index (χ0v) is 19.5. The van der Waals surface area contributed by atoms with Gasteiger partial charge in [-0.05, 0) is 42.8 Å². The largest absolute Gasteiger partial charge is 0.497 e. The number of nitrogens with zero attached hydrogens (tertiary/aromatic N) is 3. The van der Waals surface area contributed by atoms with Crippen LogP contribution in [0.15, 0.2) is 53.9 Å². The van der Waals surface area contributed by atoms with Crippen molar-refractivity contribution in [2.45, 2.75) is 18.3 Å². The third kappa shape index (κ3) is 3.56. The Bertz CT molecular complexity index is 1330. The Labute approximate surface area is 198 Å². The Kier molecular flexibility index (Phi) is 5.41. The van der Waals surface area contributed by atoms with Crippen LogP contribution in [0.5, 0.6) is 5.75 Å². The number of hydrazine groups is 1. The van der Waals surface area contributed by atoms with Crippen LogP contribution in [0, 0.1) is 6.92 Å². The van der Waals surface area contributed by atoms with Crippen molar-refractivity contribution in [2.75, 3.05) is 12.5 Å². The standard InChI is InChI=1S/C23H18Cl2N4O2S/c1-12-4-3-5-14-10-16(21(25)27-19(12)14)20-18(24)22(30)29(20)28-23-26-17(11-32-23)13-6-8-15(31-2)9-7-13/h3-11,18,20H,1-2H3,(H,26,28). The molecule has 2 aromatic carbocycles. The molecule has 1 N–H and O–H groups in total. The molecule has 1 saturated heterocycles. The molecule has 0 spiro atoms. The lowest BCUT2D eigenvalue weighted by Gasteiger charge is -2.44. The maximum Gasteiger partial charge on any atom is 0.262 e. The summed E-state index contributed by atoms with van der Waals surface area (Å²) in [7, 11) is 1.63. The molecule has 5 rings (SSSR count). The molecule has 0 aliphatic carbocycles. The Hall–Kier alpha value is -2.87. The van der Waals surface area contributed by atoms with Crippen LogP contribution in [0.3, 0.4) is 0 Å². The summed E-state index contributed by atoms with van der Waals surface area (Å²) in [6.45, 7) is 1.99. The van der Waals surface area contributed by atoms with E-state index in [2.05, 4.69) is 15.4 Å².